The molecule has 1 aliphatic heterocycles. The van der Waals surface area contributed by atoms with E-state index in [1.165, 1.54) is 0 Å². The molecule has 1 saturated heterocycles. The Balaban J connectivity index is 1.96. The van der Waals surface area contributed by atoms with Gasteiger partial charge in [0.25, 0.3) is 5.69 Å². The SMILES string of the molecule is CC(C)N1CCC(CNc2ccc(I)cc2[N+](=O)[O-])C1. The minimum Gasteiger partial charge on any atom is -0.379 e. The number of likely N-dealkylation sites (tertiary alicyclic amines) is 1. The summed E-state index contributed by atoms with van der Waals surface area (Å²) >= 11 is 2.09. The van der Waals surface area contributed by atoms with Crippen molar-refractivity contribution in [1.29, 1.82) is 0 Å². The Morgan fingerprint density at radius 3 is 2.90 bits per heavy atom. The van der Waals surface area contributed by atoms with Crippen LogP contribution in [-0.4, -0.2) is 35.5 Å². The summed E-state index contributed by atoms with van der Waals surface area (Å²) in [6, 6.07) is 5.88. The van der Waals surface area contributed by atoms with Gasteiger partial charge in [0, 0.05) is 28.8 Å². The number of rotatable bonds is 5. The highest BCUT2D eigenvalue weighted by Gasteiger charge is 2.24. The van der Waals surface area contributed by atoms with Crippen LogP contribution in [0, 0.1) is 19.6 Å². The summed E-state index contributed by atoms with van der Waals surface area (Å²) in [5.41, 5.74) is 0.786. The first kappa shape index (κ1) is 15.5. The van der Waals surface area contributed by atoms with E-state index < -0.39 is 0 Å². The molecule has 0 amide bonds. The van der Waals surface area contributed by atoms with Crippen molar-refractivity contribution in [1.82, 2.24) is 4.90 Å². The van der Waals surface area contributed by atoms with Crippen molar-refractivity contribution in [3.05, 3.63) is 31.9 Å². The summed E-state index contributed by atoms with van der Waals surface area (Å²) < 4.78 is 0.881. The second-order valence-corrected chi connectivity index (χ2v) is 6.79. The van der Waals surface area contributed by atoms with E-state index in [0.29, 0.717) is 17.6 Å². The Morgan fingerprint density at radius 2 is 2.30 bits per heavy atom. The van der Waals surface area contributed by atoms with Crippen molar-refractivity contribution in [2.24, 2.45) is 5.92 Å². The molecule has 0 bridgehead atoms. The van der Waals surface area contributed by atoms with Crippen LogP contribution in [0.2, 0.25) is 0 Å². The average molecular weight is 389 g/mol. The van der Waals surface area contributed by atoms with E-state index in [-0.39, 0.29) is 10.6 Å². The zero-order valence-corrected chi connectivity index (χ0v) is 14.0. The first-order chi connectivity index (χ1) is 9.47. The number of halogens is 1. The molecule has 0 radical (unpaired) electrons. The van der Waals surface area contributed by atoms with Crippen molar-refractivity contribution in [2.75, 3.05) is 25.0 Å². The smallest absolute Gasteiger partial charge is 0.293 e. The van der Waals surface area contributed by atoms with Gasteiger partial charge in [0.2, 0.25) is 0 Å². The van der Waals surface area contributed by atoms with Crippen LogP contribution in [0.5, 0.6) is 0 Å². The van der Waals surface area contributed by atoms with Crippen molar-refractivity contribution in [3.8, 4) is 0 Å². The Morgan fingerprint density at radius 1 is 1.55 bits per heavy atom. The molecule has 1 aliphatic rings. The number of nitro benzene ring substituents is 1. The molecular formula is C14H20IN3O2. The molecule has 6 heteroatoms. The van der Waals surface area contributed by atoms with E-state index in [9.17, 15) is 10.1 Å². The molecule has 0 spiro atoms. The molecule has 1 aromatic carbocycles. The van der Waals surface area contributed by atoms with Crippen LogP contribution in [0.4, 0.5) is 11.4 Å². The third-order valence-corrected chi connectivity index (χ3v) is 4.46. The normalized spacial score (nSPS) is 19.5. The molecule has 1 fully saturated rings. The fourth-order valence-corrected chi connectivity index (χ4v) is 3.03. The molecule has 5 nitrogen and oxygen atoms in total. The molecule has 0 aromatic heterocycles. The topological polar surface area (TPSA) is 58.4 Å². The zero-order valence-electron chi connectivity index (χ0n) is 11.8. The third-order valence-electron chi connectivity index (χ3n) is 3.79. The lowest BCUT2D eigenvalue weighted by Crippen LogP contribution is -2.29. The Bertz CT molecular complexity index is 493. The fourth-order valence-electron chi connectivity index (χ4n) is 2.56. The predicted molar refractivity (Wildman–Crippen MR) is 89.1 cm³/mol. The van der Waals surface area contributed by atoms with E-state index in [0.717, 1.165) is 29.6 Å². The molecule has 20 heavy (non-hydrogen) atoms. The van der Waals surface area contributed by atoms with Gasteiger partial charge >= 0.3 is 0 Å². The van der Waals surface area contributed by atoms with Crippen LogP contribution in [0.25, 0.3) is 0 Å². The highest BCUT2D eigenvalue weighted by molar-refractivity contribution is 14.1. The molecule has 1 aromatic rings. The summed E-state index contributed by atoms with van der Waals surface area (Å²) in [6.45, 7) is 7.41. The Hall–Kier alpha value is -0.890. The van der Waals surface area contributed by atoms with Crippen LogP contribution in [0.15, 0.2) is 18.2 Å². The maximum atomic E-state index is 11.1. The van der Waals surface area contributed by atoms with Crippen LogP contribution in [0.1, 0.15) is 20.3 Å². The monoisotopic (exact) mass is 389 g/mol. The van der Waals surface area contributed by atoms with Gasteiger partial charge in [0.05, 0.1) is 4.92 Å². The first-order valence-electron chi connectivity index (χ1n) is 6.89. The van der Waals surface area contributed by atoms with Gasteiger partial charge in [-0.15, -0.1) is 0 Å². The second-order valence-electron chi connectivity index (χ2n) is 5.54. The summed E-state index contributed by atoms with van der Waals surface area (Å²) in [7, 11) is 0. The molecule has 0 aliphatic carbocycles. The summed E-state index contributed by atoms with van der Waals surface area (Å²) in [4.78, 5) is 13.2. The number of hydrogen-bond acceptors (Lipinski definition) is 4. The Kier molecular flexibility index (Phi) is 5.20. The van der Waals surface area contributed by atoms with E-state index >= 15 is 0 Å². The van der Waals surface area contributed by atoms with Gasteiger partial charge in [0.1, 0.15) is 5.69 Å². The van der Waals surface area contributed by atoms with E-state index in [1.807, 2.05) is 6.07 Å². The van der Waals surface area contributed by atoms with E-state index in [4.69, 9.17) is 0 Å². The highest BCUT2D eigenvalue weighted by Crippen LogP contribution is 2.27. The lowest BCUT2D eigenvalue weighted by molar-refractivity contribution is -0.384. The number of hydrogen-bond donors (Lipinski definition) is 1. The number of nitrogens with zero attached hydrogens (tertiary/aromatic N) is 2. The van der Waals surface area contributed by atoms with Gasteiger partial charge in [-0.25, -0.2) is 0 Å². The summed E-state index contributed by atoms with van der Waals surface area (Å²) in [6.07, 6.45) is 1.16. The standard InChI is InChI=1S/C14H20IN3O2/c1-10(2)17-6-5-11(9-17)8-16-13-4-3-12(15)7-14(13)18(19)20/h3-4,7,10-11,16H,5-6,8-9H2,1-2H3. The molecular weight excluding hydrogens is 369 g/mol. The Labute approximate surface area is 133 Å². The number of benzene rings is 1. The maximum absolute atomic E-state index is 11.1. The summed E-state index contributed by atoms with van der Waals surface area (Å²) in [5.74, 6) is 0.566. The molecule has 1 heterocycles. The maximum Gasteiger partial charge on any atom is 0.293 e. The summed E-state index contributed by atoms with van der Waals surface area (Å²) in [5, 5.41) is 14.3. The zero-order chi connectivity index (χ0) is 14.7. The van der Waals surface area contributed by atoms with Gasteiger partial charge in [-0.1, -0.05) is 0 Å². The molecule has 2 rings (SSSR count). The average Bonchev–Trinajstić information content (AvgIpc) is 2.86. The van der Waals surface area contributed by atoms with Gasteiger partial charge in [-0.05, 0) is 67.5 Å². The van der Waals surface area contributed by atoms with Gasteiger partial charge < -0.3 is 10.2 Å². The third kappa shape index (κ3) is 3.82. The molecule has 0 saturated carbocycles. The van der Waals surface area contributed by atoms with Crippen LogP contribution in [0.3, 0.4) is 0 Å². The second kappa shape index (κ2) is 6.71. The molecule has 1 unspecified atom stereocenters. The number of nitrogens with one attached hydrogen (secondary N) is 1. The van der Waals surface area contributed by atoms with Crippen molar-refractivity contribution >= 4 is 34.0 Å². The molecule has 1 atom stereocenters. The lowest BCUT2D eigenvalue weighted by atomic mass is 10.1. The van der Waals surface area contributed by atoms with Gasteiger partial charge in [-0.3, -0.25) is 10.1 Å². The van der Waals surface area contributed by atoms with Crippen molar-refractivity contribution < 1.29 is 4.92 Å². The lowest BCUT2D eigenvalue weighted by Gasteiger charge is -2.20. The molecule has 1 N–H and O–H groups in total. The first-order valence-corrected chi connectivity index (χ1v) is 7.97. The van der Waals surface area contributed by atoms with Crippen LogP contribution in [-0.2, 0) is 0 Å². The van der Waals surface area contributed by atoms with Crippen molar-refractivity contribution in [2.45, 2.75) is 26.3 Å². The number of anilines is 1. The predicted octanol–water partition coefficient (Wildman–Crippen LogP) is 3.34. The minimum absolute atomic E-state index is 0.163. The number of nitro groups is 1. The minimum atomic E-state index is -0.320. The largest absolute Gasteiger partial charge is 0.379 e. The van der Waals surface area contributed by atoms with E-state index in [1.54, 1.807) is 12.1 Å². The van der Waals surface area contributed by atoms with Crippen molar-refractivity contribution in [3.63, 3.8) is 0 Å². The van der Waals surface area contributed by atoms with Gasteiger partial charge in [-0.2, -0.15) is 0 Å². The van der Waals surface area contributed by atoms with Crippen LogP contribution < -0.4 is 5.32 Å². The highest BCUT2D eigenvalue weighted by atomic mass is 127. The van der Waals surface area contributed by atoms with Crippen LogP contribution >= 0.6 is 22.6 Å². The van der Waals surface area contributed by atoms with E-state index in [2.05, 4.69) is 46.7 Å². The fraction of sp³-hybridized carbons (Fsp3) is 0.571. The van der Waals surface area contributed by atoms with Gasteiger partial charge in [0.15, 0.2) is 0 Å². The quantitative estimate of drug-likeness (QED) is 0.477. The molecule has 110 valence electrons.